The van der Waals surface area contributed by atoms with Crippen molar-refractivity contribution in [2.75, 3.05) is 6.54 Å². The molecule has 0 fully saturated rings. The number of aromatic nitrogens is 2. The zero-order valence-electron chi connectivity index (χ0n) is 8.92. The molecule has 0 saturated heterocycles. The minimum Gasteiger partial charge on any atom is -0.460 e. The van der Waals surface area contributed by atoms with Gasteiger partial charge in [-0.3, -0.25) is 0 Å². The summed E-state index contributed by atoms with van der Waals surface area (Å²) in [6, 6.07) is 5.41. The van der Waals surface area contributed by atoms with E-state index in [1.54, 1.807) is 12.3 Å². The average Bonchev–Trinajstić information content (AvgIpc) is 2.75. The number of aliphatic hydroxyl groups is 1. The highest BCUT2D eigenvalue weighted by atomic mass is 16.3. The van der Waals surface area contributed by atoms with Crippen molar-refractivity contribution < 1.29 is 9.52 Å². The van der Waals surface area contributed by atoms with E-state index in [1.165, 1.54) is 0 Å². The van der Waals surface area contributed by atoms with E-state index in [1.807, 2.05) is 19.1 Å². The Balaban J connectivity index is 2.36. The molecule has 1 unspecified atom stereocenters. The van der Waals surface area contributed by atoms with Gasteiger partial charge in [0.15, 0.2) is 11.6 Å². The molecule has 2 heterocycles. The number of nitrogens with two attached hydrogens (primary N) is 1. The molecule has 0 bridgehead atoms. The van der Waals surface area contributed by atoms with E-state index in [0.29, 0.717) is 17.3 Å². The number of hydrogen-bond acceptors (Lipinski definition) is 5. The first-order chi connectivity index (χ1) is 7.70. The first-order valence-electron chi connectivity index (χ1n) is 4.98. The van der Waals surface area contributed by atoms with Gasteiger partial charge in [0, 0.05) is 12.7 Å². The van der Waals surface area contributed by atoms with Crippen molar-refractivity contribution in [2.45, 2.75) is 13.0 Å². The number of nitrogens with zero attached hydrogens (tertiary/aromatic N) is 2. The van der Waals surface area contributed by atoms with E-state index in [-0.39, 0.29) is 6.54 Å². The Labute approximate surface area is 93.0 Å². The summed E-state index contributed by atoms with van der Waals surface area (Å²) in [4.78, 5) is 8.15. The maximum absolute atomic E-state index is 9.53. The SMILES string of the molecule is Cc1ccc(-c2ccnc(C(O)CN)n2)o1. The first kappa shape index (κ1) is 10.8. The standard InChI is InChI=1S/C11H13N3O2/c1-7-2-3-10(16-7)8-4-5-13-11(14-8)9(15)6-12/h2-5,9,15H,6,12H2,1H3. The molecule has 5 nitrogen and oxygen atoms in total. The molecule has 2 aromatic heterocycles. The third kappa shape index (κ3) is 2.10. The van der Waals surface area contributed by atoms with Crippen molar-refractivity contribution >= 4 is 0 Å². The highest BCUT2D eigenvalue weighted by molar-refractivity contribution is 5.51. The molecule has 0 radical (unpaired) electrons. The molecular formula is C11H13N3O2. The molecule has 3 N–H and O–H groups in total. The summed E-state index contributed by atoms with van der Waals surface area (Å²) >= 11 is 0. The first-order valence-corrected chi connectivity index (χ1v) is 4.98. The van der Waals surface area contributed by atoms with Crippen molar-refractivity contribution in [3.8, 4) is 11.5 Å². The Morgan fingerprint density at radius 1 is 1.44 bits per heavy atom. The Kier molecular flexibility index (Phi) is 2.98. The Morgan fingerprint density at radius 3 is 2.88 bits per heavy atom. The summed E-state index contributed by atoms with van der Waals surface area (Å²) in [5.74, 6) is 1.79. The van der Waals surface area contributed by atoms with Crippen LogP contribution in [-0.2, 0) is 0 Å². The van der Waals surface area contributed by atoms with E-state index in [9.17, 15) is 5.11 Å². The van der Waals surface area contributed by atoms with E-state index >= 15 is 0 Å². The quantitative estimate of drug-likeness (QED) is 0.805. The van der Waals surface area contributed by atoms with Gasteiger partial charge < -0.3 is 15.3 Å². The van der Waals surface area contributed by atoms with Crippen molar-refractivity contribution in [2.24, 2.45) is 5.73 Å². The molecule has 0 aromatic carbocycles. The van der Waals surface area contributed by atoms with Gasteiger partial charge in [-0.2, -0.15) is 0 Å². The van der Waals surface area contributed by atoms with Gasteiger partial charge in [-0.1, -0.05) is 0 Å². The number of rotatable bonds is 3. The molecule has 84 valence electrons. The summed E-state index contributed by atoms with van der Waals surface area (Å²) in [5, 5.41) is 9.53. The Bertz CT molecular complexity index is 482. The fraction of sp³-hybridized carbons (Fsp3) is 0.273. The highest BCUT2D eigenvalue weighted by Crippen LogP contribution is 2.20. The topological polar surface area (TPSA) is 85.2 Å². The van der Waals surface area contributed by atoms with Crippen LogP contribution in [0.2, 0.25) is 0 Å². The smallest absolute Gasteiger partial charge is 0.158 e. The van der Waals surface area contributed by atoms with Crippen molar-refractivity contribution in [1.82, 2.24) is 9.97 Å². The summed E-state index contributed by atoms with van der Waals surface area (Å²) in [6.07, 6.45) is 0.741. The highest BCUT2D eigenvalue weighted by Gasteiger charge is 2.11. The van der Waals surface area contributed by atoms with Gasteiger partial charge in [-0.15, -0.1) is 0 Å². The van der Waals surface area contributed by atoms with Crippen LogP contribution in [0, 0.1) is 6.92 Å². The summed E-state index contributed by atoms with van der Waals surface area (Å²) in [7, 11) is 0. The summed E-state index contributed by atoms with van der Waals surface area (Å²) < 4.78 is 5.43. The molecule has 0 aliphatic heterocycles. The van der Waals surface area contributed by atoms with Crippen molar-refractivity contribution in [1.29, 1.82) is 0 Å². The summed E-state index contributed by atoms with van der Waals surface area (Å²) in [6.45, 7) is 1.96. The van der Waals surface area contributed by atoms with E-state index in [2.05, 4.69) is 9.97 Å². The van der Waals surface area contributed by atoms with E-state index in [0.717, 1.165) is 5.76 Å². The van der Waals surface area contributed by atoms with Crippen molar-refractivity contribution in [3.63, 3.8) is 0 Å². The lowest BCUT2D eigenvalue weighted by Crippen LogP contribution is -2.14. The molecular weight excluding hydrogens is 206 g/mol. The molecule has 2 aromatic rings. The van der Waals surface area contributed by atoms with Gasteiger partial charge in [0.25, 0.3) is 0 Å². The second-order valence-corrected chi connectivity index (χ2v) is 3.46. The molecule has 2 rings (SSSR count). The predicted molar refractivity (Wildman–Crippen MR) is 58.5 cm³/mol. The molecule has 16 heavy (non-hydrogen) atoms. The number of hydrogen-bond donors (Lipinski definition) is 2. The second-order valence-electron chi connectivity index (χ2n) is 3.46. The van der Waals surface area contributed by atoms with Gasteiger partial charge in [-0.05, 0) is 25.1 Å². The number of aliphatic hydroxyl groups excluding tert-OH is 1. The van der Waals surface area contributed by atoms with Crippen LogP contribution in [0.4, 0.5) is 0 Å². The maximum atomic E-state index is 9.53. The Hall–Kier alpha value is -1.72. The zero-order valence-corrected chi connectivity index (χ0v) is 8.92. The van der Waals surface area contributed by atoms with Crippen LogP contribution < -0.4 is 5.73 Å². The fourth-order valence-electron chi connectivity index (χ4n) is 1.35. The second kappa shape index (κ2) is 4.42. The van der Waals surface area contributed by atoms with Gasteiger partial charge in [-0.25, -0.2) is 9.97 Å². The third-order valence-electron chi connectivity index (χ3n) is 2.19. The van der Waals surface area contributed by atoms with Crippen LogP contribution in [0.25, 0.3) is 11.5 Å². The Morgan fingerprint density at radius 2 is 2.25 bits per heavy atom. The van der Waals surface area contributed by atoms with Gasteiger partial charge in [0.05, 0.1) is 0 Å². The van der Waals surface area contributed by atoms with Crippen LogP contribution in [-0.4, -0.2) is 21.6 Å². The third-order valence-corrected chi connectivity index (χ3v) is 2.19. The van der Waals surface area contributed by atoms with Crippen LogP contribution in [0.15, 0.2) is 28.8 Å². The number of aryl methyl sites for hydroxylation is 1. The van der Waals surface area contributed by atoms with Crippen LogP contribution in [0.5, 0.6) is 0 Å². The molecule has 0 saturated carbocycles. The molecule has 0 amide bonds. The fourth-order valence-corrected chi connectivity index (χ4v) is 1.35. The van der Waals surface area contributed by atoms with Gasteiger partial charge in [0.1, 0.15) is 17.6 Å². The predicted octanol–water partition coefficient (Wildman–Crippen LogP) is 1.04. The van der Waals surface area contributed by atoms with Crippen molar-refractivity contribution in [3.05, 3.63) is 36.0 Å². The normalized spacial score (nSPS) is 12.7. The van der Waals surface area contributed by atoms with Crippen LogP contribution in [0.1, 0.15) is 17.7 Å². The molecule has 1 atom stereocenters. The molecule has 0 aliphatic rings. The van der Waals surface area contributed by atoms with Gasteiger partial charge >= 0.3 is 0 Å². The maximum Gasteiger partial charge on any atom is 0.158 e. The van der Waals surface area contributed by atoms with E-state index < -0.39 is 6.10 Å². The number of furan rings is 1. The minimum atomic E-state index is -0.837. The zero-order chi connectivity index (χ0) is 11.5. The lowest BCUT2D eigenvalue weighted by Gasteiger charge is -2.06. The lowest BCUT2D eigenvalue weighted by atomic mass is 10.3. The van der Waals surface area contributed by atoms with Crippen LogP contribution >= 0.6 is 0 Å². The lowest BCUT2D eigenvalue weighted by molar-refractivity contribution is 0.176. The van der Waals surface area contributed by atoms with Crippen LogP contribution in [0.3, 0.4) is 0 Å². The average molecular weight is 219 g/mol. The van der Waals surface area contributed by atoms with Gasteiger partial charge in [0.2, 0.25) is 0 Å². The van der Waals surface area contributed by atoms with E-state index in [4.69, 9.17) is 10.2 Å². The summed E-state index contributed by atoms with van der Waals surface area (Å²) in [5.41, 5.74) is 5.99. The largest absolute Gasteiger partial charge is 0.460 e. The monoisotopic (exact) mass is 219 g/mol. The molecule has 0 aliphatic carbocycles. The minimum absolute atomic E-state index is 0.0979. The molecule has 5 heteroatoms. The molecule has 0 spiro atoms.